The number of nitrogens with zero attached hydrogens (tertiary/aromatic N) is 1. The van der Waals surface area contributed by atoms with Gasteiger partial charge in [-0.25, -0.2) is 4.79 Å². The van der Waals surface area contributed by atoms with Crippen LogP contribution in [0.5, 0.6) is 5.75 Å². The van der Waals surface area contributed by atoms with Gasteiger partial charge >= 0.3 is 11.7 Å². The van der Waals surface area contributed by atoms with Crippen LogP contribution in [0.1, 0.15) is 28.4 Å². The summed E-state index contributed by atoms with van der Waals surface area (Å²) in [4.78, 5) is 22.9. The molecule has 1 aliphatic heterocycles. The van der Waals surface area contributed by atoms with E-state index in [4.69, 9.17) is 9.47 Å². The number of carbonyl (C=O) groups is 1. The number of hydrogen-bond acceptors (Lipinski definition) is 5. The summed E-state index contributed by atoms with van der Waals surface area (Å²) in [6.07, 6.45) is 0. The molecule has 0 spiro atoms. The Bertz CT molecular complexity index is 808. The minimum atomic E-state index is -0.583. The Morgan fingerprint density at radius 1 is 1.13 bits per heavy atom. The third-order valence-electron chi connectivity index (χ3n) is 3.42. The first-order chi connectivity index (χ1) is 11.1. The van der Waals surface area contributed by atoms with Gasteiger partial charge in [0, 0.05) is 5.56 Å². The Labute approximate surface area is 132 Å². The molecule has 6 nitrogen and oxygen atoms in total. The molecule has 0 aliphatic carbocycles. The second-order valence-electron chi connectivity index (χ2n) is 4.83. The van der Waals surface area contributed by atoms with Gasteiger partial charge in [0.05, 0.1) is 22.7 Å². The highest BCUT2D eigenvalue weighted by molar-refractivity contribution is 6.06. The van der Waals surface area contributed by atoms with E-state index in [2.05, 4.69) is 0 Å². The molecule has 116 valence electrons. The molecule has 6 heteroatoms. The van der Waals surface area contributed by atoms with E-state index in [1.807, 2.05) is 6.92 Å². The maximum absolute atomic E-state index is 11.9. The van der Waals surface area contributed by atoms with Crippen molar-refractivity contribution in [2.75, 3.05) is 6.61 Å². The van der Waals surface area contributed by atoms with Gasteiger partial charge in [-0.05, 0) is 37.3 Å². The van der Waals surface area contributed by atoms with Gasteiger partial charge in [-0.2, -0.15) is 0 Å². The lowest BCUT2D eigenvalue weighted by Crippen LogP contribution is -2.03. The molecule has 2 aromatic carbocycles. The van der Waals surface area contributed by atoms with Crippen LogP contribution in [-0.4, -0.2) is 17.5 Å². The molecule has 1 heterocycles. The van der Waals surface area contributed by atoms with Crippen molar-refractivity contribution >= 4 is 17.4 Å². The maximum Gasteiger partial charge on any atom is 0.344 e. The van der Waals surface area contributed by atoms with Gasteiger partial charge in [-0.15, -0.1) is 0 Å². The number of fused-ring (bicyclic) bond motifs is 1. The standard InChI is InChI=1S/C17H13NO5/c1-2-22-12-9-7-11(8-10-12)15(18(20)21)16-13-5-3-4-6-14(13)17(19)23-16/h3-10H,2H2,1H3/b16-15-. The van der Waals surface area contributed by atoms with Crippen LogP contribution in [0.15, 0.2) is 48.5 Å². The van der Waals surface area contributed by atoms with Crippen molar-refractivity contribution in [1.29, 1.82) is 0 Å². The molecule has 0 radical (unpaired) electrons. The third kappa shape index (κ3) is 2.66. The van der Waals surface area contributed by atoms with E-state index in [9.17, 15) is 14.9 Å². The number of hydrogen-bond donors (Lipinski definition) is 0. The Morgan fingerprint density at radius 3 is 2.39 bits per heavy atom. The SMILES string of the molecule is CCOc1ccc(/C(=C2/OC(=O)c3ccccc32)[N+](=O)[O-])cc1. The molecule has 0 aromatic heterocycles. The molecular formula is C17H13NO5. The summed E-state index contributed by atoms with van der Waals surface area (Å²) in [6.45, 7) is 2.36. The van der Waals surface area contributed by atoms with Crippen molar-refractivity contribution in [3.8, 4) is 5.75 Å². The molecule has 0 saturated carbocycles. The third-order valence-corrected chi connectivity index (χ3v) is 3.42. The van der Waals surface area contributed by atoms with Gasteiger partial charge in [-0.3, -0.25) is 10.1 Å². The van der Waals surface area contributed by atoms with Gasteiger partial charge in [0.1, 0.15) is 5.75 Å². The van der Waals surface area contributed by atoms with Crippen LogP contribution in [0.25, 0.3) is 11.5 Å². The molecule has 2 aromatic rings. The quantitative estimate of drug-likeness (QED) is 0.491. The van der Waals surface area contributed by atoms with Crippen LogP contribution in [0, 0.1) is 10.1 Å². The largest absolute Gasteiger partial charge is 0.494 e. The normalized spacial score (nSPS) is 14.9. The van der Waals surface area contributed by atoms with E-state index in [-0.39, 0.29) is 11.5 Å². The highest BCUT2D eigenvalue weighted by Gasteiger charge is 2.34. The first-order valence-electron chi connectivity index (χ1n) is 7.05. The number of benzene rings is 2. The molecule has 0 amide bonds. The van der Waals surface area contributed by atoms with E-state index < -0.39 is 10.9 Å². The summed E-state index contributed by atoms with van der Waals surface area (Å²) in [5.74, 6) is 0.00779. The second kappa shape index (κ2) is 5.92. The van der Waals surface area contributed by atoms with Crippen molar-refractivity contribution in [1.82, 2.24) is 0 Å². The zero-order chi connectivity index (χ0) is 16.4. The fourth-order valence-corrected chi connectivity index (χ4v) is 2.43. The van der Waals surface area contributed by atoms with Gasteiger partial charge < -0.3 is 9.47 Å². The van der Waals surface area contributed by atoms with E-state index in [1.165, 1.54) is 0 Å². The molecule has 3 rings (SSSR count). The van der Waals surface area contributed by atoms with Crippen molar-refractivity contribution in [2.45, 2.75) is 6.92 Å². The molecule has 0 fully saturated rings. The Balaban J connectivity index is 2.13. The van der Waals surface area contributed by atoms with Crippen LogP contribution in [0.4, 0.5) is 0 Å². The number of rotatable bonds is 4. The molecule has 0 N–H and O–H groups in total. The topological polar surface area (TPSA) is 78.7 Å². The molecule has 0 bridgehead atoms. The summed E-state index contributed by atoms with van der Waals surface area (Å²) in [5, 5.41) is 11.5. The van der Waals surface area contributed by atoms with Crippen LogP contribution in [-0.2, 0) is 4.74 Å². The molecule has 0 saturated heterocycles. The molecule has 23 heavy (non-hydrogen) atoms. The lowest BCUT2D eigenvalue weighted by Gasteiger charge is -2.05. The summed E-state index contributed by atoms with van der Waals surface area (Å²) in [6, 6.07) is 13.0. The molecule has 0 atom stereocenters. The first-order valence-corrected chi connectivity index (χ1v) is 7.05. The highest BCUT2D eigenvalue weighted by Crippen LogP contribution is 2.36. The lowest BCUT2D eigenvalue weighted by molar-refractivity contribution is -0.375. The lowest BCUT2D eigenvalue weighted by atomic mass is 10.0. The number of carbonyl (C=O) groups excluding carboxylic acids is 1. The fourth-order valence-electron chi connectivity index (χ4n) is 2.43. The van der Waals surface area contributed by atoms with Crippen molar-refractivity contribution in [3.63, 3.8) is 0 Å². The van der Waals surface area contributed by atoms with Crippen molar-refractivity contribution in [2.24, 2.45) is 0 Å². The fraction of sp³-hybridized carbons (Fsp3) is 0.118. The summed E-state index contributed by atoms with van der Waals surface area (Å²) < 4.78 is 10.5. The minimum absolute atomic E-state index is 0.0280. The summed E-state index contributed by atoms with van der Waals surface area (Å²) in [5.41, 5.74) is 0.857. The number of nitro groups is 1. The summed E-state index contributed by atoms with van der Waals surface area (Å²) in [7, 11) is 0. The first kappa shape index (κ1) is 14.8. The highest BCUT2D eigenvalue weighted by atomic mass is 16.6. The maximum atomic E-state index is 11.9. The van der Waals surface area contributed by atoms with Crippen LogP contribution >= 0.6 is 0 Å². The predicted octanol–water partition coefficient (Wildman–Crippen LogP) is 3.36. The van der Waals surface area contributed by atoms with Gasteiger partial charge in [0.25, 0.3) is 0 Å². The molecule has 0 unspecified atom stereocenters. The van der Waals surface area contributed by atoms with E-state index in [0.29, 0.717) is 29.0 Å². The Hall–Kier alpha value is -3.15. The smallest absolute Gasteiger partial charge is 0.344 e. The monoisotopic (exact) mass is 311 g/mol. The molecule has 1 aliphatic rings. The predicted molar refractivity (Wildman–Crippen MR) is 83.3 cm³/mol. The zero-order valence-corrected chi connectivity index (χ0v) is 12.3. The van der Waals surface area contributed by atoms with Crippen LogP contribution in [0.2, 0.25) is 0 Å². The average Bonchev–Trinajstić information content (AvgIpc) is 2.87. The van der Waals surface area contributed by atoms with Gasteiger partial charge in [0.15, 0.2) is 0 Å². The van der Waals surface area contributed by atoms with Crippen LogP contribution in [0.3, 0.4) is 0 Å². The van der Waals surface area contributed by atoms with E-state index in [1.54, 1.807) is 48.5 Å². The summed E-state index contributed by atoms with van der Waals surface area (Å²) >= 11 is 0. The molecular weight excluding hydrogens is 298 g/mol. The number of ether oxygens (including phenoxy) is 2. The Kier molecular flexibility index (Phi) is 3.80. The van der Waals surface area contributed by atoms with E-state index in [0.717, 1.165) is 0 Å². The van der Waals surface area contributed by atoms with Gasteiger partial charge in [-0.1, -0.05) is 18.2 Å². The van der Waals surface area contributed by atoms with Crippen LogP contribution < -0.4 is 4.74 Å². The zero-order valence-electron chi connectivity index (χ0n) is 12.3. The van der Waals surface area contributed by atoms with E-state index >= 15 is 0 Å². The minimum Gasteiger partial charge on any atom is -0.494 e. The second-order valence-corrected chi connectivity index (χ2v) is 4.83. The van der Waals surface area contributed by atoms with Crippen molar-refractivity contribution < 1.29 is 19.2 Å². The average molecular weight is 311 g/mol. The Morgan fingerprint density at radius 2 is 1.78 bits per heavy atom. The number of cyclic esters (lactones) is 1. The number of esters is 1. The van der Waals surface area contributed by atoms with Gasteiger partial charge in [0.2, 0.25) is 5.76 Å². The van der Waals surface area contributed by atoms with Crippen molar-refractivity contribution in [3.05, 3.63) is 75.3 Å².